The average molecular weight is 298 g/mol. The Morgan fingerprint density at radius 1 is 1.32 bits per heavy atom. The zero-order valence-corrected chi connectivity index (χ0v) is 13.2. The number of carbonyl (C=O) groups is 1. The van der Waals surface area contributed by atoms with Gasteiger partial charge in [-0.1, -0.05) is 41.9 Å². The predicted octanol–water partition coefficient (Wildman–Crippen LogP) is 4.05. The second-order valence-corrected chi connectivity index (χ2v) is 5.99. The van der Waals surface area contributed by atoms with Gasteiger partial charge in [-0.15, -0.1) is 0 Å². The van der Waals surface area contributed by atoms with Crippen LogP contribution in [0.15, 0.2) is 35.0 Å². The zero-order chi connectivity index (χ0) is 15.5. The molecule has 1 aliphatic heterocycles. The number of carbonyl (C=O) groups excluding carboxylic acids is 1. The Balaban J connectivity index is 1.90. The van der Waals surface area contributed by atoms with E-state index in [-0.39, 0.29) is 5.91 Å². The van der Waals surface area contributed by atoms with Crippen LogP contribution < -0.4 is 0 Å². The largest absolute Gasteiger partial charge is 0.355 e. The fourth-order valence-electron chi connectivity index (χ4n) is 3.15. The minimum atomic E-state index is 0.0448. The first kappa shape index (κ1) is 14.8. The van der Waals surface area contributed by atoms with E-state index < -0.39 is 0 Å². The summed E-state index contributed by atoms with van der Waals surface area (Å²) >= 11 is 0. The fourth-order valence-corrected chi connectivity index (χ4v) is 3.15. The van der Waals surface area contributed by atoms with Gasteiger partial charge in [0, 0.05) is 18.2 Å². The normalized spacial score (nSPS) is 18.5. The summed E-state index contributed by atoms with van der Waals surface area (Å²) in [5.41, 5.74) is 2.65. The van der Waals surface area contributed by atoms with Crippen molar-refractivity contribution in [2.45, 2.75) is 45.6 Å². The molecule has 1 unspecified atom stereocenters. The average Bonchev–Trinajstić information content (AvgIpc) is 3.04. The lowest BCUT2D eigenvalue weighted by molar-refractivity contribution is 0.0608. The molecule has 4 nitrogen and oxygen atoms in total. The predicted molar refractivity (Wildman–Crippen MR) is 85.6 cm³/mol. The number of hydrogen-bond donors (Lipinski definition) is 0. The molecule has 4 heteroatoms. The van der Waals surface area contributed by atoms with E-state index in [0.717, 1.165) is 31.4 Å². The fraction of sp³-hybridized carbons (Fsp3) is 0.444. The number of aromatic nitrogens is 1. The molecule has 2 aromatic rings. The molecular weight excluding hydrogens is 276 g/mol. The maximum absolute atomic E-state index is 12.9. The van der Waals surface area contributed by atoms with E-state index >= 15 is 0 Å². The number of hydrogen-bond acceptors (Lipinski definition) is 3. The van der Waals surface area contributed by atoms with Crippen molar-refractivity contribution in [3.8, 4) is 11.3 Å². The minimum absolute atomic E-state index is 0.0448. The SMILES string of the molecule is CCC1CCCCN1C(=O)c1cnoc1-c1ccc(C)cc1. The van der Waals surface area contributed by atoms with Gasteiger partial charge < -0.3 is 9.42 Å². The van der Waals surface area contributed by atoms with Crippen molar-refractivity contribution in [1.82, 2.24) is 10.1 Å². The molecule has 1 atom stereocenters. The van der Waals surface area contributed by atoms with Crippen LogP contribution in [0.5, 0.6) is 0 Å². The summed E-state index contributed by atoms with van der Waals surface area (Å²) in [6.07, 6.45) is 5.92. The van der Waals surface area contributed by atoms with Crippen LogP contribution in [-0.2, 0) is 0 Å². The summed E-state index contributed by atoms with van der Waals surface area (Å²) in [7, 11) is 0. The number of rotatable bonds is 3. The monoisotopic (exact) mass is 298 g/mol. The molecule has 1 aliphatic rings. The third-order valence-corrected chi connectivity index (χ3v) is 4.47. The Kier molecular flexibility index (Phi) is 4.27. The molecule has 3 rings (SSSR count). The summed E-state index contributed by atoms with van der Waals surface area (Å²) in [4.78, 5) is 14.9. The number of aryl methyl sites for hydroxylation is 1. The Bertz CT molecular complexity index is 645. The van der Waals surface area contributed by atoms with E-state index in [1.807, 2.05) is 36.1 Å². The van der Waals surface area contributed by atoms with E-state index in [4.69, 9.17) is 4.52 Å². The van der Waals surface area contributed by atoms with Crippen LogP contribution in [-0.4, -0.2) is 28.6 Å². The van der Waals surface area contributed by atoms with Crippen molar-refractivity contribution >= 4 is 5.91 Å². The molecule has 0 N–H and O–H groups in total. The van der Waals surface area contributed by atoms with Gasteiger partial charge in [0.25, 0.3) is 5.91 Å². The first-order chi connectivity index (χ1) is 10.7. The first-order valence-electron chi connectivity index (χ1n) is 8.03. The van der Waals surface area contributed by atoms with Gasteiger partial charge in [0.05, 0.1) is 6.20 Å². The Morgan fingerprint density at radius 3 is 2.82 bits per heavy atom. The van der Waals surface area contributed by atoms with Crippen LogP contribution in [0.4, 0.5) is 0 Å². The van der Waals surface area contributed by atoms with Gasteiger partial charge in [0.2, 0.25) is 0 Å². The van der Waals surface area contributed by atoms with E-state index in [1.165, 1.54) is 12.0 Å². The first-order valence-corrected chi connectivity index (χ1v) is 8.03. The van der Waals surface area contributed by atoms with Crippen molar-refractivity contribution in [2.24, 2.45) is 0 Å². The van der Waals surface area contributed by atoms with E-state index in [9.17, 15) is 4.79 Å². The molecule has 0 saturated carbocycles. The molecule has 0 spiro atoms. The molecule has 1 fully saturated rings. The highest BCUT2D eigenvalue weighted by molar-refractivity contribution is 5.99. The molecule has 1 aromatic heterocycles. The lowest BCUT2D eigenvalue weighted by atomic mass is 9.98. The Morgan fingerprint density at radius 2 is 2.09 bits per heavy atom. The van der Waals surface area contributed by atoms with Crippen molar-refractivity contribution in [3.63, 3.8) is 0 Å². The number of piperidine rings is 1. The second kappa shape index (κ2) is 6.34. The van der Waals surface area contributed by atoms with Gasteiger partial charge >= 0.3 is 0 Å². The standard InChI is InChI=1S/C18H22N2O2/c1-3-15-6-4-5-11-20(15)18(21)16-12-19-22-17(16)14-9-7-13(2)8-10-14/h7-10,12,15H,3-6,11H2,1-2H3. The summed E-state index contributed by atoms with van der Waals surface area (Å²) in [5.74, 6) is 0.619. The van der Waals surface area contributed by atoms with Crippen molar-refractivity contribution < 1.29 is 9.32 Å². The second-order valence-electron chi connectivity index (χ2n) is 5.99. The third-order valence-electron chi connectivity index (χ3n) is 4.47. The van der Waals surface area contributed by atoms with Crippen LogP contribution >= 0.6 is 0 Å². The smallest absolute Gasteiger partial charge is 0.259 e. The van der Waals surface area contributed by atoms with Crippen LogP contribution in [0.25, 0.3) is 11.3 Å². The Hall–Kier alpha value is -2.10. The maximum Gasteiger partial charge on any atom is 0.259 e. The lowest BCUT2D eigenvalue weighted by Crippen LogP contribution is -2.43. The third kappa shape index (κ3) is 2.78. The van der Waals surface area contributed by atoms with Gasteiger partial charge in [0.1, 0.15) is 5.56 Å². The molecule has 1 amide bonds. The summed E-state index contributed by atoms with van der Waals surface area (Å²) < 4.78 is 5.37. The van der Waals surface area contributed by atoms with Crippen LogP contribution in [0.2, 0.25) is 0 Å². The van der Waals surface area contributed by atoms with Crippen molar-refractivity contribution in [3.05, 3.63) is 41.6 Å². The highest BCUT2D eigenvalue weighted by Gasteiger charge is 2.29. The lowest BCUT2D eigenvalue weighted by Gasteiger charge is -2.35. The molecule has 0 bridgehead atoms. The van der Waals surface area contributed by atoms with E-state index in [2.05, 4.69) is 12.1 Å². The minimum Gasteiger partial charge on any atom is -0.355 e. The molecule has 1 aromatic carbocycles. The quantitative estimate of drug-likeness (QED) is 0.858. The van der Waals surface area contributed by atoms with Gasteiger partial charge in [-0.25, -0.2) is 0 Å². The number of likely N-dealkylation sites (tertiary alicyclic amines) is 1. The molecule has 0 aliphatic carbocycles. The molecular formula is C18H22N2O2. The molecule has 2 heterocycles. The van der Waals surface area contributed by atoms with Gasteiger partial charge in [0.15, 0.2) is 5.76 Å². The highest BCUT2D eigenvalue weighted by atomic mass is 16.5. The number of benzene rings is 1. The van der Waals surface area contributed by atoms with Gasteiger partial charge in [-0.05, 0) is 32.6 Å². The van der Waals surface area contributed by atoms with Crippen LogP contribution in [0.3, 0.4) is 0 Å². The zero-order valence-electron chi connectivity index (χ0n) is 13.2. The van der Waals surface area contributed by atoms with Crippen molar-refractivity contribution in [1.29, 1.82) is 0 Å². The molecule has 1 saturated heterocycles. The van der Waals surface area contributed by atoms with Crippen LogP contribution in [0, 0.1) is 6.92 Å². The van der Waals surface area contributed by atoms with Gasteiger partial charge in [-0.3, -0.25) is 4.79 Å². The molecule has 22 heavy (non-hydrogen) atoms. The topological polar surface area (TPSA) is 46.3 Å². The maximum atomic E-state index is 12.9. The number of amides is 1. The van der Waals surface area contributed by atoms with Crippen molar-refractivity contribution in [2.75, 3.05) is 6.54 Å². The summed E-state index contributed by atoms with van der Waals surface area (Å²) in [6.45, 7) is 5.01. The summed E-state index contributed by atoms with van der Waals surface area (Å²) in [5, 5.41) is 3.87. The Labute approximate surface area is 131 Å². The molecule has 0 radical (unpaired) electrons. The van der Waals surface area contributed by atoms with Gasteiger partial charge in [-0.2, -0.15) is 0 Å². The van der Waals surface area contributed by atoms with Crippen LogP contribution in [0.1, 0.15) is 48.5 Å². The molecule has 116 valence electrons. The van der Waals surface area contributed by atoms with E-state index in [0.29, 0.717) is 17.4 Å². The number of nitrogens with zero attached hydrogens (tertiary/aromatic N) is 2. The highest BCUT2D eigenvalue weighted by Crippen LogP contribution is 2.28. The summed E-state index contributed by atoms with van der Waals surface area (Å²) in [6, 6.07) is 8.31. The van der Waals surface area contributed by atoms with E-state index in [1.54, 1.807) is 6.20 Å².